The van der Waals surface area contributed by atoms with Crippen LogP contribution in [0, 0.1) is 24.4 Å². The summed E-state index contributed by atoms with van der Waals surface area (Å²) in [6.07, 6.45) is 2.82. The maximum atomic E-state index is 17.4. The molecular weight excluding hydrogens is 621 g/mol. The summed E-state index contributed by atoms with van der Waals surface area (Å²) >= 11 is 6.98. The summed E-state index contributed by atoms with van der Waals surface area (Å²) in [5, 5.41) is 10.6. The fraction of sp³-hybridized carbons (Fsp3) is 0.333. The molecule has 0 radical (unpaired) electrons. The number of phenols is 1. The number of aryl methyl sites for hydroxylation is 1. The highest BCUT2D eigenvalue weighted by atomic mass is 35.5. The number of halogens is 4. The quantitative estimate of drug-likeness (QED) is 0.283. The van der Waals surface area contributed by atoms with Crippen LogP contribution >= 0.6 is 11.6 Å². The Bertz CT molecular complexity index is 2020. The van der Waals surface area contributed by atoms with E-state index in [0.29, 0.717) is 16.9 Å². The SMILES string of the molecule is C=CC(=O)N1CC(C)N2c3nc(=O)n(-c4c(C)ccnc4C(C)C)c4c(F)c(-c5c(O)ccc(F)c5F)c(Cl)c(c34)N(C)CC2C1. The van der Waals surface area contributed by atoms with Gasteiger partial charge in [0.1, 0.15) is 17.1 Å². The van der Waals surface area contributed by atoms with Gasteiger partial charge in [0.2, 0.25) is 5.91 Å². The topological polar surface area (TPSA) is 94.8 Å². The summed E-state index contributed by atoms with van der Waals surface area (Å²) in [6, 6.07) is 2.52. The van der Waals surface area contributed by atoms with Gasteiger partial charge < -0.3 is 19.8 Å². The zero-order valence-electron chi connectivity index (χ0n) is 25.9. The molecule has 46 heavy (non-hydrogen) atoms. The number of nitrogens with zero attached hydrogens (tertiary/aromatic N) is 6. The van der Waals surface area contributed by atoms with Gasteiger partial charge in [-0.3, -0.25) is 14.3 Å². The lowest BCUT2D eigenvalue weighted by atomic mass is 9.97. The van der Waals surface area contributed by atoms with E-state index in [-0.39, 0.29) is 64.9 Å². The molecule has 0 bridgehead atoms. The van der Waals surface area contributed by atoms with Gasteiger partial charge in [-0.15, -0.1) is 0 Å². The Balaban J connectivity index is 1.82. The van der Waals surface area contributed by atoms with Crippen LogP contribution in [-0.4, -0.2) is 69.2 Å². The number of aromatic nitrogens is 3. The van der Waals surface area contributed by atoms with E-state index in [9.17, 15) is 19.1 Å². The summed E-state index contributed by atoms with van der Waals surface area (Å²) in [5.41, 5.74) is -0.931. The van der Waals surface area contributed by atoms with Gasteiger partial charge in [0.15, 0.2) is 17.5 Å². The first kappa shape index (κ1) is 31.4. The molecule has 4 heterocycles. The molecule has 2 aliphatic heterocycles. The van der Waals surface area contributed by atoms with Crippen LogP contribution in [0.25, 0.3) is 27.7 Å². The number of hydrogen-bond donors (Lipinski definition) is 1. The number of carbonyl (C=O) groups is 1. The number of likely N-dealkylation sites (N-methyl/N-ethyl adjacent to an activating group) is 1. The Kier molecular flexibility index (Phi) is 7.74. The molecule has 2 unspecified atom stereocenters. The highest BCUT2D eigenvalue weighted by Gasteiger charge is 2.42. The van der Waals surface area contributed by atoms with Crippen LogP contribution in [0.5, 0.6) is 5.75 Å². The zero-order chi connectivity index (χ0) is 33.4. The van der Waals surface area contributed by atoms with E-state index in [1.165, 1.54) is 6.08 Å². The summed E-state index contributed by atoms with van der Waals surface area (Å²) in [6.45, 7) is 11.7. The van der Waals surface area contributed by atoms with Crippen molar-refractivity contribution in [3.63, 3.8) is 0 Å². The minimum absolute atomic E-state index is 0.141. The second kappa shape index (κ2) is 11.3. The van der Waals surface area contributed by atoms with E-state index in [4.69, 9.17) is 11.6 Å². The van der Waals surface area contributed by atoms with Gasteiger partial charge in [0.05, 0.1) is 39.1 Å². The van der Waals surface area contributed by atoms with Crippen molar-refractivity contribution in [1.29, 1.82) is 0 Å². The number of rotatable bonds is 4. The molecule has 6 rings (SSSR count). The van der Waals surface area contributed by atoms with E-state index in [0.717, 1.165) is 16.7 Å². The number of piperazine rings is 1. The third-order valence-corrected chi connectivity index (χ3v) is 9.17. The predicted molar refractivity (Wildman–Crippen MR) is 172 cm³/mol. The number of anilines is 2. The molecule has 1 saturated heterocycles. The molecule has 13 heteroatoms. The number of phenolic OH excluding ortho intramolecular Hbond substituents is 1. The van der Waals surface area contributed by atoms with Crippen LogP contribution in [-0.2, 0) is 4.79 Å². The fourth-order valence-corrected chi connectivity index (χ4v) is 7.26. The van der Waals surface area contributed by atoms with E-state index >= 15 is 8.78 Å². The van der Waals surface area contributed by atoms with Crippen molar-refractivity contribution in [2.75, 3.05) is 36.5 Å². The minimum atomic E-state index is -1.50. The van der Waals surface area contributed by atoms with E-state index in [1.807, 2.05) is 25.7 Å². The fourth-order valence-electron chi connectivity index (χ4n) is 6.84. The van der Waals surface area contributed by atoms with Gasteiger partial charge in [0, 0.05) is 44.5 Å². The van der Waals surface area contributed by atoms with Crippen LogP contribution in [0.4, 0.5) is 24.7 Å². The molecule has 9 nitrogen and oxygen atoms in total. The number of hydrogen-bond acceptors (Lipinski definition) is 7. The van der Waals surface area contributed by atoms with E-state index < -0.39 is 46.1 Å². The smallest absolute Gasteiger partial charge is 0.354 e. The molecule has 0 spiro atoms. The number of amides is 1. The molecule has 4 aromatic rings. The number of aromatic hydroxyl groups is 1. The monoisotopic (exact) mass is 652 g/mol. The lowest BCUT2D eigenvalue weighted by Crippen LogP contribution is -2.61. The van der Waals surface area contributed by atoms with Crippen LogP contribution in [0.3, 0.4) is 0 Å². The highest BCUT2D eigenvalue weighted by Crippen LogP contribution is 2.51. The van der Waals surface area contributed by atoms with Gasteiger partial charge in [-0.05, 0) is 49.6 Å². The van der Waals surface area contributed by atoms with E-state index in [1.54, 1.807) is 36.0 Å². The average molecular weight is 653 g/mol. The van der Waals surface area contributed by atoms with Crippen LogP contribution in [0.1, 0.15) is 37.9 Å². The maximum absolute atomic E-state index is 17.4. The second-order valence-electron chi connectivity index (χ2n) is 12.1. The Labute approximate surface area is 268 Å². The van der Waals surface area contributed by atoms with Gasteiger partial charge in [-0.1, -0.05) is 32.0 Å². The van der Waals surface area contributed by atoms with Crippen molar-refractivity contribution >= 4 is 39.9 Å². The summed E-state index contributed by atoms with van der Waals surface area (Å²) in [7, 11) is 1.70. The number of fused-ring (bicyclic) bond motifs is 2. The van der Waals surface area contributed by atoms with Crippen LogP contribution in [0.2, 0.25) is 5.02 Å². The molecule has 240 valence electrons. The standard InChI is InChI=1S/C33H32ClF3N6O3/c1-7-21(45)41-12-17(5)42-18(14-41)13-40(6)30-24-31(27(37)23(25(30)34)22-20(44)9-8-19(35)26(22)36)43(33(46)39-32(24)42)29-16(4)10-11-38-28(29)15(2)3/h7-11,15,17-18,44H,1,12-14H2,2-6H3. The largest absolute Gasteiger partial charge is 0.507 e. The second-order valence-corrected chi connectivity index (χ2v) is 12.5. The van der Waals surface area contributed by atoms with Gasteiger partial charge >= 0.3 is 5.69 Å². The van der Waals surface area contributed by atoms with Crippen molar-refractivity contribution in [3.05, 3.63) is 81.3 Å². The van der Waals surface area contributed by atoms with Crippen molar-refractivity contribution in [2.24, 2.45) is 0 Å². The third kappa shape index (κ3) is 4.60. The van der Waals surface area contributed by atoms with Crippen LogP contribution < -0.4 is 15.5 Å². The van der Waals surface area contributed by atoms with Crippen molar-refractivity contribution in [1.82, 2.24) is 19.4 Å². The lowest BCUT2D eigenvalue weighted by Gasteiger charge is -2.46. The van der Waals surface area contributed by atoms with Crippen LogP contribution in [0.15, 0.2) is 41.8 Å². The predicted octanol–water partition coefficient (Wildman–Crippen LogP) is 5.70. The molecule has 1 amide bonds. The molecule has 2 aromatic heterocycles. The first-order chi connectivity index (χ1) is 21.8. The molecule has 0 aliphatic carbocycles. The van der Waals surface area contributed by atoms with Gasteiger partial charge in [-0.25, -0.2) is 18.0 Å². The first-order valence-electron chi connectivity index (χ1n) is 14.8. The normalized spacial score (nSPS) is 17.8. The number of pyridine rings is 1. The summed E-state index contributed by atoms with van der Waals surface area (Å²) in [5.74, 6) is -5.04. The Hall–Kier alpha value is -4.58. The van der Waals surface area contributed by atoms with Gasteiger partial charge in [-0.2, -0.15) is 4.98 Å². The summed E-state index contributed by atoms with van der Waals surface area (Å²) < 4.78 is 48.6. The van der Waals surface area contributed by atoms with Crippen molar-refractivity contribution in [3.8, 4) is 22.6 Å². The third-order valence-electron chi connectivity index (χ3n) is 8.80. The minimum Gasteiger partial charge on any atom is -0.507 e. The molecule has 2 aromatic carbocycles. The Morgan fingerprint density at radius 1 is 1.11 bits per heavy atom. The zero-order valence-corrected chi connectivity index (χ0v) is 26.7. The molecule has 1 fully saturated rings. The first-order valence-corrected chi connectivity index (χ1v) is 15.2. The molecular formula is C33H32ClF3N6O3. The Morgan fingerprint density at radius 3 is 2.50 bits per heavy atom. The molecule has 0 saturated carbocycles. The van der Waals surface area contributed by atoms with Crippen molar-refractivity contribution in [2.45, 2.75) is 45.7 Å². The lowest BCUT2D eigenvalue weighted by molar-refractivity contribution is -0.127. The molecule has 1 N–H and O–H groups in total. The average Bonchev–Trinajstić information content (AvgIpc) is 3.12. The number of benzene rings is 2. The highest BCUT2D eigenvalue weighted by molar-refractivity contribution is 6.38. The molecule has 2 aliphatic rings. The summed E-state index contributed by atoms with van der Waals surface area (Å²) in [4.78, 5) is 41.2. The number of carbonyl (C=O) groups excluding carboxylic acids is 1. The van der Waals surface area contributed by atoms with E-state index in [2.05, 4.69) is 16.5 Å². The van der Waals surface area contributed by atoms with Gasteiger partial charge in [0.25, 0.3) is 0 Å². The van der Waals surface area contributed by atoms with Crippen molar-refractivity contribution < 1.29 is 23.1 Å². The maximum Gasteiger partial charge on any atom is 0.354 e. The molecule has 2 atom stereocenters. The Morgan fingerprint density at radius 2 is 1.83 bits per heavy atom.